The van der Waals surface area contributed by atoms with E-state index in [1.165, 1.54) is 52.6 Å². The SMILES string of the molecule is Cc1cc(F)cc(C(=O)N2CCCC(C)C2CNc2ncc(C(F)(F)F)cn2)c1-c1nccc(CC2CCCN(C(=O)c3c(F)ccc(C)c3-n3nccn3)C2CNc2ccc(C(F)(F)F)cn2)n1. The molecule has 2 N–H and O–H groups in total. The maximum Gasteiger partial charge on any atom is 0.419 e. The number of aromatic nitrogens is 8. The van der Waals surface area contributed by atoms with Crippen molar-refractivity contribution in [2.24, 2.45) is 11.8 Å². The Kier molecular flexibility index (Phi) is 13.9. The second-order valence-electron chi connectivity index (χ2n) is 17.3. The van der Waals surface area contributed by atoms with Crippen LogP contribution < -0.4 is 10.6 Å². The van der Waals surface area contributed by atoms with Crippen LogP contribution >= 0.6 is 0 Å². The smallest absolute Gasteiger partial charge is 0.368 e. The fourth-order valence-electron chi connectivity index (χ4n) is 9.22. The van der Waals surface area contributed by atoms with E-state index in [1.807, 2.05) is 6.92 Å². The summed E-state index contributed by atoms with van der Waals surface area (Å²) in [7, 11) is 0. The highest BCUT2D eigenvalue weighted by Gasteiger charge is 2.39. The molecule has 0 saturated carbocycles. The molecule has 6 heterocycles. The summed E-state index contributed by atoms with van der Waals surface area (Å²) >= 11 is 0. The van der Waals surface area contributed by atoms with E-state index in [9.17, 15) is 35.9 Å². The van der Waals surface area contributed by atoms with Gasteiger partial charge in [-0.05, 0) is 105 Å². The van der Waals surface area contributed by atoms with Crippen LogP contribution in [0.25, 0.3) is 17.1 Å². The number of benzene rings is 2. The Morgan fingerprint density at radius 3 is 2.07 bits per heavy atom. The highest BCUT2D eigenvalue weighted by atomic mass is 19.4. The third-order valence-corrected chi connectivity index (χ3v) is 12.7. The van der Waals surface area contributed by atoms with E-state index >= 15 is 8.78 Å². The standard InChI is InChI=1S/C47H46F8N12O2/c1-26-6-4-16-65(36(26)24-61-45-59-22-31(23-60-45)47(53,54)55)43(68)34-20-32(48)18-28(3)39(34)42-56-13-12-33(64-42)19-29-7-5-17-66(37(29)25-58-38-11-9-30(21-57-38)46(50,51)52)44(69)40-35(49)10-8-27(2)41(40)67-62-14-15-63-67/h8-15,18,20-23,26,29,36-37H,4-7,16-17,19,24-25H2,1-3H3,(H,57,58)(H,59,60,61). The highest BCUT2D eigenvalue weighted by molar-refractivity contribution is 6.01. The largest absolute Gasteiger partial charge is 0.419 e. The van der Waals surface area contributed by atoms with Gasteiger partial charge in [0.15, 0.2) is 5.82 Å². The normalized spacial score (nSPS) is 18.8. The molecule has 2 aromatic carbocycles. The van der Waals surface area contributed by atoms with Crippen molar-refractivity contribution in [3.8, 4) is 17.1 Å². The van der Waals surface area contributed by atoms with Gasteiger partial charge in [0.05, 0.1) is 41.2 Å². The molecule has 2 saturated heterocycles. The Morgan fingerprint density at radius 1 is 0.725 bits per heavy atom. The van der Waals surface area contributed by atoms with Crippen LogP contribution in [0.5, 0.6) is 0 Å². The molecule has 2 amide bonds. The molecular weight excluding hydrogens is 917 g/mol. The first kappa shape index (κ1) is 48.3. The zero-order chi connectivity index (χ0) is 49.2. The Balaban J connectivity index is 1.09. The zero-order valence-electron chi connectivity index (χ0n) is 37.5. The maximum atomic E-state index is 15.9. The lowest BCUT2D eigenvalue weighted by atomic mass is 9.84. The van der Waals surface area contributed by atoms with Gasteiger partial charge in [-0.3, -0.25) is 9.59 Å². The summed E-state index contributed by atoms with van der Waals surface area (Å²) in [4.78, 5) is 54.7. The molecule has 0 aliphatic carbocycles. The second-order valence-corrected chi connectivity index (χ2v) is 17.3. The first-order valence-electron chi connectivity index (χ1n) is 22.2. The molecule has 2 aliphatic rings. The van der Waals surface area contributed by atoms with E-state index in [0.717, 1.165) is 18.6 Å². The molecule has 4 aromatic heterocycles. The monoisotopic (exact) mass is 962 g/mol. The number of likely N-dealkylation sites (tertiary alicyclic amines) is 2. The average Bonchev–Trinajstić information content (AvgIpc) is 3.85. The van der Waals surface area contributed by atoms with Crippen molar-refractivity contribution < 1.29 is 44.7 Å². The lowest BCUT2D eigenvalue weighted by Crippen LogP contribution is -2.52. The van der Waals surface area contributed by atoms with Gasteiger partial charge in [0.1, 0.15) is 28.7 Å². The van der Waals surface area contributed by atoms with Crippen molar-refractivity contribution in [1.82, 2.24) is 49.7 Å². The van der Waals surface area contributed by atoms with Crippen LogP contribution in [0.4, 0.5) is 46.9 Å². The second kappa shape index (κ2) is 19.8. The number of hydrogen-bond donors (Lipinski definition) is 2. The number of halogens is 8. The molecule has 69 heavy (non-hydrogen) atoms. The molecule has 2 fully saturated rings. The Hall–Kier alpha value is -7.13. The summed E-state index contributed by atoms with van der Waals surface area (Å²) in [6, 6.07) is 7.66. The fourth-order valence-corrected chi connectivity index (χ4v) is 9.22. The molecule has 8 rings (SSSR count). The topological polar surface area (TPSA) is 160 Å². The van der Waals surface area contributed by atoms with Gasteiger partial charge in [-0.25, -0.2) is 33.7 Å². The number of carbonyl (C=O) groups excluding carboxylic acids is 2. The minimum Gasteiger partial charge on any atom is -0.368 e. The molecule has 0 radical (unpaired) electrons. The van der Waals surface area contributed by atoms with Crippen LogP contribution in [0.1, 0.15) is 81.3 Å². The molecule has 4 unspecified atom stereocenters. The third kappa shape index (κ3) is 10.6. The van der Waals surface area contributed by atoms with E-state index in [0.29, 0.717) is 61.2 Å². The van der Waals surface area contributed by atoms with Crippen molar-refractivity contribution >= 4 is 23.6 Å². The van der Waals surface area contributed by atoms with Crippen LogP contribution in [0.3, 0.4) is 0 Å². The van der Waals surface area contributed by atoms with E-state index in [1.54, 1.807) is 24.8 Å². The molecule has 2 aliphatic heterocycles. The molecule has 0 spiro atoms. The number of amides is 2. The predicted octanol–water partition coefficient (Wildman–Crippen LogP) is 8.77. The summed E-state index contributed by atoms with van der Waals surface area (Å²) in [5.41, 5.74) is -0.380. The lowest BCUT2D eigenvalue weighted by Gasteiger charge is -2.42. The molecule has 14 nitrogen and oxygen atoms in total. The van der Waals surface area contributed by atoms with Crippen molar-refractivity contribution in [1.29, 1.82) is 0 Å². The summed E-state index contributed by atoms with van der Waals surface area (Å²) in [6.45, 7) is 5.88. The molecular formula is C47H46F8N12O2. The van der Waals surface area contributed by atoms with Crippen molar-refractivity contribution in [3.63, 3.8) is 0 Å². The molecule has 4 atom stereocenters. The van der Waals surface area contributed by atoms with Gasteiger partial charge in [-0.2, -0.15) is 41.3 Å². The quantitative estimate of drug-likeness (QED) is 0.113. The number of pyridine rings is 1. The number of nitrogens with one attached hydrogen (secondary N) is 2. The molecule has 362 valence electrons. The Morgan fingerprint density at radius 2 is 1.39 bits per heavy atom. The van der Waals surface area contributed by atoms with Gasteiger partial charge < -0.3 is 20.4 Å². The maximum absolute atomic E-state index is 15.9. The number of anilines is 2. The summed E-state index contributed by atoms with van der Waals surface area (Å²) < 4.78 is 111. The van der Waals surface area contributed by atoms with E-state index in [-0.39, 0.29) is 77.9 Å². The number of alkyl halides is 6. The average molecular weight is 963 g/mol. The summed E-state index contributed by atoms with van der Waals surface area (Å²) in [5, 5.41) is 14.4. The van der Waals surface area contributed by atoms with E-state index in [4.69, 9.17) is 4.98 Å². The van der Waals surface area contributed by atoms with Gasteiger partial charge in [0.2, 0.25) is 5.95 Å². The number of piperidine rings is 2. The van der Waals surface area contributed by atoms with Gasteiger partial charge in [0.25, 0.3) is 11.8 Å². The van der Waals surface area contributed by atoms with Crippen LogP contribution in [0.15, 0.2) is 79.6 Å². The van der Waals surface area contributed by atoms with Gasteiger partial charge in [-0.1, -0.05) is 13.0 Å². The van der Waals surface area contributed by atoms with Crippen LogP contribution in [0.2, 0.25) is 0 Å². The number of nitrogens with zero attached hydrogens (tertiary/aromatic N) is 10. The minimum atomic E-state index is -4.62. The number of carbonyl (C=O) groups is 2. The molecule has 6 aromatic rings. The lowest BCUT2D eigenvalue weighted by molar-refractivity contribution is -0.138. The summed E-state index contributed by atoms with van der Waals surface area (Å²) in [5.74, 6) is -2.90. The first-order chi connectivity index (χ1) is 32.9. The predicted molar refractivity (Wildman–Crippen MR) is 236 cm³/mol. The first-order valence-corrected chi connectivity index (χ1v) is 22.2. The number of hydrogen-bond acceptors (Lipinski definition) is 11. The Bertz CT molecular complexity index is 2790. The molecule has 22 heteroatoms. The van der Waals surface area contributed by atoms with Gasteiger partial charge in [0, 0.05) is 62.2 Å². The van der Waals surface area contributed by atoms with Crippen LogP contribution in [0, 0.1) is 37.3 Å². The van der Waals surface area contributed by atoms with Crippen LogP contribution in [-0.4, -0.2) is 99.8 Å². The number of rotatable bonds is 12. The number of aryl methyl sites for hydroxylation is 2. The van der Waals surface area contributed by atoms with Gasteiger partial charge in [-0.15, -0.1) is 0 Å². The molecule has 0 bridgehead atoms. The zero-order valence-corrected chi connectivity index (χ0v) is 37.5. The van der Waals surface area contributed by atoms with Crippen molar-refractivity contribution in [2.45, 2.75) is 77.3 Å². The minimum absolute atomic E-state index is 0.000490. The van der Waals surface area contributed by atoms with E-state index in [2.05, 4.69) is 40.8 Å². The van der Waals surface area contributed by atoms with Gasteiger partial charge >= 0.3 is 12.4 Å². The summed E-state index contributed by atoms with van der Waals surface area (Å²) in [6.07, 6.45) is -0.220. The van der Waals surface area contributed by atoms with Crippen molar-refractivity contribution in [3.05, 3.63) is 130 Å². The third-order valence-electron chi connectivity index (χ3n) is 12.7. The fraction of sp³-hybridized carbons (Fsp3) is 0.383. The van der Waals surface area contributed by atoms with E-state index < -0.39 is 59.0 Å². The Labute approximate surface area is 390 Å². The van der Waals surface area contributed by atoms with Crippen LogP contribution in [-0.2, 0) is 18.8 Å². The highest BCUT2D eigenvalue weighted by Crippen LogP contribution is 2.35. The van der Waals surface area contributed by atoms with Crippen molar-refractivity contribution in [2.75, 3.05) is 36.8 Å².